The number of aromatic nitrogens is 2. The quantitative estimate of drug-likeness (QED) is 0.473. The molecule has 6 nitrogen and oxygen atoms in total. The monoisotopic (exact) mass is 393 g/mol. The molecule has 0 aromatic carbocycles. The van der Waals surface area contributed by atoms with Crippen LogP contribution in [0.1, 0.15) is 32.0 Å². The van der Waals surface area contributed by atoms with Crippen molar-refractivity contribution in [3.8, 4) is 0 Å². The van der Waals surface area contributed by atoms with Crippen LogP contribution in [0.4, 0.5) is 0 Å². The Bertz CT molecular complexity index is 438. The summed E-state index contributed by atoms with van der Waals surface area (Å²) in [7, 11) is 1.81. The van der Waals surface area contributed by atoms with Crippen LogP contribution >= 0.6 is 24.0 Å². The van der Waals surface area contributed by atoms with Gasteiger partial charge in [0.2, 0.25) is 5.89 Å². The highest BCUT2D eigenvalue weighted by Crippen LogP contribution is 2.20. The summed E-state index contributed by atoms with van der Waals surface area (Å²) in [5, 5.41) is 7.18. The maximum atomic E-state index is 4.96. The summed E-state index contributed by atoms with van der Waals surface area (Å²) in [5.74, 6) is 3.58. The average molecular weight is 393 g/mol. The third-order valence-electron chi connectivity index (χ3n) is 3.35. The SMILES string of the molecule is CN=C(NCc1noc(C)n1)N1CC(C)CC(C)C1.I. The van der Waals surface area contributed by atoms with Crippen molar-refractivity contribution in [3.63, 3.8) is 0 Å². The minimum absolute atomic E-state index is 0. The van der Waals surface area contributed by atoms with E-state index in [1.54, 1.807) is 6.92 Å². The molecule has 2 rings (SSSR count). The van der Waals surface area contributed by atoms with Crippen LogP contribution in [-0.2, 0) is 6.54 Å². The fraction of sp³-hybridized carbons (Fsp3) is 0.769. The zero-order valence-electron chi connectivity index (χ0n) is 12.6. The molecular formula is C13H24IN5O. The van der Waals surface area contributed by atoms with Crippen molar-refractivity contribution in [1.82, 2.24) is 20.4 Å². The van der Waals surface area contributed by atoms with Crippen LogP contribution in [0.15, 0.2) is 9.52 Å². The largest absolute Gasteiger partial charge is 0.349 e. The summed E-state index contributed by atoms with van der Waals surface area (Å²) in [5.41, 5.74) is 0. The van der Waals surface area contributed by atoms with Gasteiger partial charge in [-0.25, -0.2) is 0 Å². The van der Waals surface area contributed by atoms with Crippen LogP contribution in [0.3, 0.4) is 0 Å². The topological polar surface area (TPSA) is 66.5 Å². The van der Waals surface area contributed by atoms with Gasteiger partial charge in [-0.1, -0.05) is 19.0 Å². The van der Waals surface area contributed by atoms with E-state index < -0.39 is 0 Å². The van der Waals surface area contributed by atoms with E-state index in [9.17, 15) is 0 Å². The van der Waals surface area contributed by atoms with Gasteiger partial charge in [-0.15, -0.1) is 24.0 Å². The predicted molar refractivity (Wildman–Crippen MR) is 89.2 cm³/mol. The molecule has 0 amide bonds. The number of halogens is 1. The molecule has 2 atom stereocenters. The van der Waals surface area contributed by atoms with Gasteiger partial charge in [0.05, 0.1) is 6.54 Å². The molecule has 0 radical (unpaired) electrons. The van der Waals surface area contributed by atoms with Crippen LogP contribution < -0.4 is 5.32 Å². The Hall–Kier alpha value is -0.860. The zero-order chi connectivity index (χ0) is 13.8. The molecule has 114 valence electrons. The second-order valence-corrected chi connectivity index (χ2v) is 5.48. The first-order chi connectivity index (χ1) is 9.08. The maximum absolute atomic E-state index is 4.96. The second kappa shape index (κ2) is 7.80. The van der Waals surface area contributed by atoms with E-state index in [1.807, 2.05) is 7.05 Å². The van der Waals surface area contributed by atoms with E-state index >= 15 is 0 Å². The second-order valence-electron chi connectivity index (χ2n) is 5.48. The van der Waals surface area contributed by atoms with Gasteiger partial charge in [-0.05, 0) is 18.3 Å². The van der Waals surface area contributed by atoms with Crippen molar-refractivity contribution < 1.29 is 4.52 Å². The van der Waals surface area contributed by atoms with Gasteiger partial charge in [-0.3, -0.25) is 4.99 Å². The normalized spacial score (nSPS) is 23.4. The number of guanidine groups is 1. The highest BCUT2D eigenvalue weighted by molar-refractivity contribution is 14.0. The Labute approximate surface area is 137 Å². The lowest BCUT2D eigenvalue weighted by atomic mass is 9.92. The van der Waals surface area contributed by atoms with Crippen molar-refractivity contribution in [2.24, 2.45) is 16.8 Å². The smallest absolute Gasteiger partial charge is 0.223 e. The van der Waals surface area contributed by atoms with Gasteiger partial charge in [0, 0.05) is 27.1 Å². The van der Waals surface area contributed by atoms with Crippen LogP contribution in [-0.4, -0.2) is 41.1 Å². The molecule has 1 aliphatic rings. The van der Waals surface area contributed by atoms with Crippen molar-refractivity contribution in [2.45, 2.75) is 33.7 Å². The molecule has 1 aromatic heterocycles. The summed E-state index contributed by atoms with van der Waals surface area (Å²) >= 11 is 0. The molecule has 1 fully saturated rings. The number of rotatable bonds is 2. The number of aliphatic imine (C=N–C) groups is 1. The zero-order valence-corrected chi connectivity index (χ0v) is 14.9. The van der Waals surface area contributed by atoms with Gasteiger partial charge >= 0.3 is 0 Å². The van der Waals surface area contributed by atoms with Gasteiger partial charge in [-0.2, -0.15) is 4.98 Å². The van der Waals surface area contributed by atoms with E-state index in [1.165, 1.54) is 6.42 Å². The molecule has 7 heteroatoms. The summed E-state index contributed by atoms with van der Waals surface area (Å²) in [6.45, 7) is 9.02. The number of likely N-dealkylation sites (tertiary alicyclic amines) is 1. The highest BCUT2D eigenvalue weighted by atomic mass is 127. The number of aryl methyl sites for hydroxylation is 1. The molecule has 0 spiro atoms. The molecule has 2 unspecified atom stereocenters. The molecule has 20 heavy (non-hydrogen) atoms. The lowest BCUT2D eigenvalue weighted by molar-refractivity contribution is 0.208. The number of hydrogen-bond donors (Lipinski definition) is 1. The van der Waals surface area contributed by atoms with Gasteiger partial charge in [0.1, 0.15) is 0 Å². The Kier molecular flexibility index (Phi) is 6.70. The predicted octanol–water partition coefficient (Wildman–Crippen LogP) is 2.05. The van der Waals surface area contributed by atoms with Gasteiger partial charge < -0.3 is 14.7 Å². The summed E-state index contributed by atoms with van der Waals surface area (Å²) in [4.78, 5) is 10.8. The van der Waals surface area contributed by atoms with Gasteiger partial charge in [0.15, 0.2) is 11.8 Å². The lowest BCUT2D eigenvalue weighted by Gasteiger charge is -2.36. The minimum Gasteiger partial charge on any atom is -0.349 e. The van der Waals surface area contributed by atoms with Crippen molar-refractivity contribution in [1.29, 1.82) is 0 Å². The van der Waals surface area contributed by atoms with E-state index in [-0.39, 0.29) is 24.0 Å². The van der Waals surface area contributed by atoms with Crippen LogP contribution in [0, 0.1) is 18.8 Å². The first-order valence-corrected chi connectivity index (χ1v) is 6.83. The molecule has 0 bridgehead atoms. The first-order valence-electron chi connectivity index (χ1n) is 6.83. The molecular weight excluding hydrogens is 369 g/mol. The lowest BCUT2D eigenvalue weighted by Crippen LogP contribution is -2.48. The standard InChI is InChI=1S/C13H23N5O.HI/c1-9-5-10(2)8-18(7-9)13(14-4)15-6-12-16-11(3)19-17-12;/h9-10H,5-8H2,1-4H3,(H,14,15);1H. The Morgan fingerprint density at radius 3 is 2.55 bits per heavy atom. The molecule has 1 aromatic rings. The average Bonchev–Trinajstić information content (AvgIpc) is 2.75. The minimum atomic E-state index is 0. The third kappa shape index (κ3) is 4.60. The Morgan fingerprint density at radius 2 is 2.05 bits per heavy atom. The van der Waals surface area contributed by atoms with E-state index in [0.717, 1.165) is 19.0 Å². The van der Waals surface area contributed by atoms with Crippen LogP contribution in [0.25, 0.3) is 0 Å². The first kappa shape index (κ1) is 17.2. The molecule has 0 saturated carbocycles. The third-order valence-corrected chi connectivity index (χ3v) is 3.35. The number of nitrogens with zero attached hydrogens (tertiary/aromatic N) is 4. The van der Waals surface area contributed by atoms with Crippen molar-refractivity contribution >= 4 is 29.9 Å². The van der Waals surface area contributed by atoms with Crippen LogP contribution in [0.2, 0.25) is 0 Å². The Balaban J connectivity index is 0.00000200. The Morgan fingerprint density at radius 1 is 1.40 bits per heavy atom. The molecule has 1 N–H and O–H groups in total. The fourth-order valence-electron chi connectivity index (χ4n) is 2.74. The summed E-state index contributed by atoms with van der Waals surface area (Å²) < 4.78 is 4.96. The fourth-order valence-corrected chi connectivity index (χ4v) is 2.74. The molecule has 2 heterocycles. The van der Waals surface area contributed by atoms with Crippen LogP contribution in [0.5, 0.6) is 0 Å². The number of piperidine rings is 1. The van der Waals surface area contributed by atoms with Gasteiger partial charge in [0.25, 0.3) is 0 Å². The summed E-state index contributed by atoms with van der Waals surface area (Å²) in [6.07, 6.45) is 1.29. The van der Waals surface area contributed by atoms with E-state index in [4.69, 9.17) is 4.52 Å². The summed E-state index contributed by atoms with van der Waals surface area (Å²) in [6, 6.07) is 0. The molecule has 0 aliphatic carbocycles. The maximum Gasteiger partial charge on any atom is 0.223 e. The van der Waals surface area contributed by atoms with E-state index in [0.29, 0.717) is 30.1 Å². The number of nitrogens with one attached hydrogen (secondary N) is 1. The van der Waals surface area contributed by atoms with Crippen molar-refractivity contribution in [2.75, 3.05) is 20.1 Å². The van der Waals surface area contributed by atoms with E-state index in [2.05, 4.69) is 39.2 Å². The molecule has 1 saturated heterocycles. The van der Waals surface area contributed by atoms with Crippen molar-refractivity contribution in [3.05, 3.63) is 11.7 Å². The highest BCUT2D eigenvalue weighted by Gasteiger charge is 2.24. The molecule has 1 aliphatic heterocycles. The number of hydrogen-bond acceptors (Lipinski definition) is 4.